The van der Waals surface area contributed by atoms with Gasteiger partial charge in [0.05, 0.1) is 7.11 Å². The van der Waals surface area contributed by atoms with Gasteiger partial charge in [0.15, 0.2) is 0 Å². The number of methoxy groups -OCH3 is 1. The lowest BCUT2D eigenvalue weighted by Gasteiger charge is -2.37. The van der Waals surface area contributed by atoms with E-state index in [2.05, 4.69) is 32.7 Å². The summed E-state index contributed by atoms with van der Waals surface area (Å²) >= 11 is 12.4. The monoisotopic (exact) mass is 612 g/mol. The molecule has 0 saturated carbocycles. The van der Waals surface area contributed by atoms with Crippen LogP contribution in [0.5, 0.6) is 5.75 Å². The Morgan fingerprint density at radius 3 is 2.52 bits per heavy atom. The second-order valence-electron chi connectivity index (χ2n) is 10.1. The number of nitrogens with zero attached hydrogens (tertiary/aromatic N) is 3. The van der Waals surface area contributed by atoms with Crippen LogP contribution < -0.4 is 26.0 Å². The predicted molar refractivity (Wildman–Crippen MR) is 167 cm³/mol. The van der Waals surface area contributed by atoms with Gasteiger partial charge in [-0.25, -0.2) is 4.98 Å². The summed E-state index contributed by atoms with van der Waals surface area (Å²) < 4.78 is 5.46. The van der Waals surface area contributed by atoms with Gasteiger partial charge >= 0.3 is 0 Å². The molecule has 4 N–H and O–H groups in total. The van der Waals surface area contributed by atoms with E-state index in [-0.39, 0.29) is 31.2 Å². The summed E-state index contributed by atoms with van der Waals surface area (Å²) in [4.78, 5) is 34.7. The minimum Gasteiger partial charge on any atom is -0.496 e. The van der Waals surface area contributed by atoms with Crippen LogP contribution in [0.3, 0.4) is 0 Å². The SMILES string of the molecule is COc1ccccc1CCNCc1cccnc1N1CCN(C(=O)[C@@H](Cc2ccc(Cl)cc2Cl)NC(=O)CCN)CC1. The normalized spacial score (nSPS) is 14.0. The van der Waals surface area contributed by atoms with Crippen molar-refractivity contribution in [1.29, 1.82) is 0 Å². The summed E-state index contributed by atoms with van der Waals surface area (Å²) in [5.41, 5.74) is 8.56. The molecule has 11 heteroatoms. The first-order valence-corrected chi connectivity index (χ1v) is 14.9. The van der Waals surface area contributed by atoms with Crippen LogP contribution in [0.15, 0.2) is 60.8 Å². The molecular formula is C31H38Cl2N6O3. The number of para-hydroxylation sites is 1. The molecule has 1 saturated heterocycles. The van der Waals surface area contributed by atoms with Crippen molar-refractivity contribution in [2.45, 2.75) is 31.8 Å². The molecule has 0 unspecified atom stereocenters. The van der Waals surface area contributed by atoms with Crippen LogP contribution in [-0.4, -0.2) is 74.1 Å². The number of nitrogens with two attached hydrogens (primary N) is 1. The molecule has 224 valence electrons. The third-order valence-electron chi connectivity index (χ3n) is 7.28. The van der Waals surface area contributed by atoms with Crippen molar-refractivity contribution in [2.75, 3.05) is 51.3 Å². The Balaban J connectivity index is 1.36. The summed E-state index contributed by atoms with van der Waals surface area (Å²) in [5.74, 6) is 1.39. The van der Waals surface area contributed by atoms with Crippen molar-refractivity contribution in [3.8, 4) is 5.75 Å². The molecule has 3 aromatic rings. The van der Waals surface area contributed by atoms with Crippen molar-refractivity contribution < 1.29 is 14.3 Å². The van der Waals surface area contributed by atoms with Crippen LogP contribution in [0.25, 0.3) is 0 Å². The number of hydrogen-bond donors (Lipinski definition) is 3. The highest BCUT2D eigenvalue weighted by Crippen LogP contribution is 2.24. The number of carbonyl (C=O) groups is 2. The molecule has 2 heterocycles. The number of nitrogens with one attached hydrogen (secondary N) is 2. The molecule has 0 bridgehead atoms. The van der Waals surface area contributed by atoms with Crippen molar-refractivity contribution in [2.24, 2.45) is 5.73 Å². The number of pyridine rings is 1. The Bertz CT molecular complexity index is 1350. The number of anilines is 1. The average Bonchev–Trinajstić information content (AvgIpc) is 3.00. The molecule has 1 aromatic heterocycles. The third-order valence-corrected chi connectivity index (χ3v) is 7.87. The number of rotatable bonds is 13. The van der Waals surface area contributed by atoms with E-state index in [1.54, 1.807) is 36.4 Å². The Labute approximate surface area is 257 Å². The molecule has 1 fully saturated rings. The molecule has 0 aliphatic carbocycles. The third kappa shape index (κ3) is 8.58. The summed E-state index contributed by atoms with van der Waals surface area (Å²) in [6.45, 7) is 3.95. The zero-order chi connectivity index (χ0) is 29.9. The van der Waals surface area contributed by atoms with Crippen molar-refractivity contribution in [3.05, 3.63) is 87.5 Å². The van der Waals surface area contributed by atoms with Gasteiger partial charge in [-0.05, 0) is 48.4 Å². The molecule has 42 heavy (non-hydrogen) atoms. The van der Waals surface area contributed by atoms with E-state index < -0.39 is 6.04 Å². The zero-order valence-electron chi connectivity index (χ0n) is 23.8. The smallest absolute Gasteiger partial charge is 0.245 e. The first-order valence-electron chi connectivity index (χ1n) is 14.1. The van der Waals surface area contributed by atoms with Gasteiger partial charge in [-0.2, -0.15) is 0 Å². The van der Waals surface area contributed by atoms with Gasteiger partial charge in [0.1, 0.15) is 17.6 Å². The Morgan fingerprint density at radius 1 is 1.02 bits per heavy atom. The highest BCUT2D eigenvalue weighted by Gasteiger charge is 2.30. The first kappa shape index (κ1) is 31.6. The van der Waals surface area contributed by atoms with E-state index in [0.29, 0.717) is 42.8 Å². The number of hydrogen-bond acceptors (Lipinski definition) is 7. The fraction of sp³-hybridized carbons (Fsp3) is 0.387. The Hall–Kier alpha value is -3.37. The van der Waals surface area contributed by atoms with Gasteiger partial charge in [0.25, 0.3) is 0 Å². The molecule has 0 radical (unpaired) electrons. The van der Waals surface area contributed by atoms with Crippen LogP contribution in [0.1, 0.15) is 23.1 Å². The van der Waals surface area contributed by atoms with Crippen LogP contribution in [0.2, 0.25) is 10.0 Å². The first-order chi connectivity index (χ1) is 20.4. The van der Waals surface area contributed by atoms with Gasteiger partial charge in [0.2, 0.25) is 11.8 Å². The lowest BCUT2D eigenvalue weighted by Crippen LogP contribution is -2.56. The topological polar surface area (TPSA) is 113 Å². The van der Waals surface area contributed by atoms with E-state index in [4.69, 9.17) is 33.7 Å². The maximum Gasteiger partial charge on any atom is 0.245 e. The van der Waals surface area contributed by atoms with Crippen LogP contribution in [0.4, 0.5) is 5.82 Å². The molecule has 1 atom stereocenters. The minimum absolute atomic E-state index is 0.140. The number of amides is 2. The van der Waals surface area contributed by atoms with E-state index in [9.17, 15) is 9.59 Å². The molecular weight excluding hydrogens is 575 g/mol. The zero-order valence-corrected chi connectivity index (χ0v) is 25.3. The second-order valence-corrected chi connectivity index (χ2v) is 11.0. The van der Waals surface area contributed by atoms with Crippen molar-refractivity contribution in [3.63, 3.8) is 0 Å². The molecule has 9 nitrogen and oxygen atoms in total. The van der Waals surface area contributed by atoms with E-state index in [1.165, 1.54) is 0 Å². The number of carbonyl (C=O) groups excluding carboxylic acids is 2. The van der Waals surface area contributed by atoms with Gasteiger partial charge in [-0.15, -0.1) is 0 Å². The molecule has 0 spiro atoms. The van der Waals surface area contributed by atoms with Crippen molar-refractivity contribution >= 4 is 40.8 Å². The molecule has 4 rings (SSSR count). The molecule has 1 aliphatic rings. The molecule has 1 aliphatic heterocycles. The summed E-state index contributed by atoms with van der Waals surface area (Å²) in [7, 11) is 1.69. The van der Waals surface area contributed by atoms with Gasteiger partial charge in [0, 0.05) is 73.9 Å². The van der Waals surface area contributed by atoms with Crippen LogP contribution in [-0.2, 0) is 29.0 Å². The highest BCUT2D eigenvalue weighted by molar-refractivity contribution is 6.35. The maximum atomic E-state index is 13.6. The number of ether oxygens (including phenoxy) is 1. The Morgan fingerprint density at radius 2 is 1.79 bits per heavy atom. The van der Waals surface area contributed by atoms with Crippen LogP contribution >= 0.6 is 23.2 Å². The predicted octanol–water partition coefficient (Wildman–Crippen LogP) is 3.45. The number of benzene rings is 2. The summed E-state index contributed by atoms with van der Waals surface area (Å²) in [5, 5.41) is 7.35. The van der Waals surface area contributed by atoms with E-state index in [0.717, 1.165) is 41.2 Å². The lowest BCUT2D eigenvalue weighted by molar-refractivity contribution is -0.136. The highest BCUT2D eigenvalue weighted by atomic mass is 35.5. The van der Waals surface area contributed by atoms with E-state index >= 15 is 0 Å². The number of piperazine rings is 1. The lowest BCUT2D eigenvalue weighted by atomic mass is 10.0. The standard InChI is InChI=1S/C31H38Cl2N6O3/c1-42-28-7-3-2-5-22(28)11-14-35-21-24-6-4-13-36-30(24)38-15-17-39(18-16-38)31(41)27(37-29(40)10-12-34)19-23-8-9-25(32)20-26(23)33/h2-9,13,20,27,35H,10-12,14-19,21,34H2,1H3,(H,37,40)/t27-/m1/s1. The van der Waals surface area contributed by atoms with Gasteiger partial charge in [-0.3, -0.25) is 9.59 Å². The fourth-order valence-corrected chi connectivity index (χ4v) is 5.56. The maximum absolute atomic E-state index is 13.6. The van der Waals surface area contributed by atoms with Crippen LogP contribution in [0, 0.1) is 0 Å². The molecule has 2 amide bonds. The fourth-order valence-electron chi connectivity index (χ4n) is 5.07. The summed E-state index contributed by atoms with van der Waals surface area (Å²) in [6.07, 6.45) is 3.05. The van der Waals surface area contributed by atoms with Gasteiger partial charge < -0.3 is 30.9 Å². The second kappa shape index (κ2) is 15.7. The summed E-state index contributed by atoms with van der Waals surface area (Å²) in [6, 6.07) is 16.4. The largest absolute Gasteiger partial charge is 0.496 e. The number of aromatic nitrogens is 1. The van der Waals surface area contributed by atoms with E-state index in [1.807, 2.05) is 24.3 Å². The van der Waals surface area contributed by atoms with Gasteiger partial charge in [-0.1, -0.05) is 53.5 Å². The number of halogens is 2. The quantitative estimate of drug-likeness (QED) is 0.253. The Kier molecular flexibility index (Phi) is 11.8. The minimum atomic E-state index is -0.757. The average molecular weight is 614 g/mol. The molecule has 2 aromatic carbocycles. The van der Waals surface area contributed by atoms with Crippen molar-refractivity contribution in [1.82, 2.24) is 20.5 Å².